The van der Waals surface area contributed by atoms with Crippen molar-refractivity contribution >= 4 is 34.1 Å². The molecule has 0 aromatic rings. The van der Waals surface area contributed by atoms with Gasteiger partial charge in [-0.1, -0.05) is 0 Å². The molecule has 0 aromatic carbocycles. The number of methoxy groups -OCH3 is 1. The summed E-state index contributed by atoms with van der Waals surface area (Å²) in [7, 11) is -4.22. The molecule has 5 rings (SSSR count). The van der Waals surface area contributed by atoms with Gasteiger partial charge in [-0.2, -0.15) is 8.42 Å². The zero-order valence-electron chi connectivity index (χ0n) is 41.7. The summed E-state index contributed by atoms with van der Waals surface area (Å²) in [5.74, 6) is -7.93. The molecule has 5 saturated heterocycles. The number of carboxylic acid groups (broad SMARTS) is 1. The maximum Gasteiger partial charge on any atom is 1.00 e. The van der Waals surface area contributed by atoms with Crippen molar-refractivity contribution in [3.8, 4) is 0 Å². The van der Waals surface area contributed by atoms with E-state index in [1.165, 1.54) is 0 Å². The maximum absolute atomic E-state index is 13.0. The normalized spacial score (nSPS) is 42.8. The van der Waals surface area contributed by atoms with Gasteiger partial charge in [0.05, 0.1) is 39.1 Å². The minimum Gasteiger partial charge on any atom is -0.862 e. The number of hydrogen-bond acceptors (Lipinski definition) is 31. The summed E-state index contributed by atoms with van der Waals surface area (Å²) in [6.07, 6.45) is -45.6. The first-order valence-corrected chi connectivity index (χ1v) is 24.6. The van der Waals surface area contributed by atoms with Gasteiger partial charge in [-0.15, -0.1) is 0 Å². The molecule has 0 aromatic heterocycles. The second-order valence-corrected chi connectivity index (χ2v) is 19.4. The Labute approximate surface area is 459 Å². The van der Waals surface area contributed by atoms with Crippen LogP contribution in [0.4, 0.5) is 0 Å². The van der Waals surface area contributed by atoms with E-state index in [0.29, 0.717) is 0 Å². The molecule has 5 heterocycles. The van der Waals surface area contributed by atoms with Crippen LogP contribution in [0.25, 0.3) is 0 Å². The molecule has 0 radical (unpaired) electrons. The SMILES string of the molecule is CO[C@H]1O[C@H](CO[C@@H]2O[C@H](COS(=O)(=O)O)[C@@H](O[C@@H]3O[C@H](CO)[C@H](O)[C@H](O)[C@H]3O)[C@H](O)[C@H]2NC(C)=O)[C@H](O)[C@H](O[C@@H]2O[C@H](CO)[C@H](O)[C@H](O[C@]3(C(=O)O)C[C@H](O)[C@@H](N=C(C)[O-])[C@H]([C@H](O)[C@H](O)CO)O3)[C@H]2O)[C@H]1NC(C)=O.[Na+]. The van der Waals surface area contributed by atoms with Crippen LogP contribution >= 0.6 is 0 Å². The Morgan fingerprint density at radius 1 is 0.701 bits per heavy atom. The summed E-state index contributed by atoms with van der Waals surface area (Å²) >= 11 is 0. The number of nitrogens with one attached hydrogen (secondary N) is 2. The number of carbonyl (C=O) groups is 3. The summed E-state index contributed by atoms with van der Waals surface area (Å²) in [5.41, 5.74) is 0. The molecule has 5 aliphatic heterocycles. The van der Waals surface area contributed by atoms with E-state index in [1.807, 2.05) is 0 Å². The quantitative estimate of drug-likeness (QED) is 0.0207. The van der Waals surface area contributed by atoms with Crippen molar-refractivity contribution in [2.45, 2.75) is 186 Å². The minimum absolute atomic E-state index is 0. The van der Waals surface area contributed by atoms with Crippen LogP contribution in [-0.2, 0) is 76.3 Å². The zero-order chi connectivity index (χ0) is 56.9. The molecule has 0 unspecified atom stereocenters. The van der Waals surface area contributed by atoms with Gasteiger partial charge in [0, 0.05) is 27.4 Å². The molecule has 440 valence electrons. The molecule has 5 fully saturated rings. The number of aliphatic imine (C=N–C) groups is 1. The van der Waals surface area contributed by atoms with E-state index < -0.39 is 232 Å². The molecule has 5 aliphatic rings. The van der Waals surface area contributed by atoms with Crippen LogP contribution < -0.4 is 45.3 Å². The number of amides is 2. The Morgan fingerprint density at radius 2 is 1.23 bits per heavy atom. The summed E-state index contributed by atoms with van der Waals surface area (Å²) < 4.78 is 94.3. The van der Waals surface area contributed by atoms with E-state index in [2.05, 4.69) is 19.8 Å². The Morgan fingerprint density at radius 3 is 1.77 bits per heavy atom. The number of carbonyl (C=O) groups excluding carboxylic acids is 2. The second kappa shape index (κ2) is 28.7. The van der Waals surface area contributed by atoms with Crippen LogP contribution in [0.5, 0.6) is 0 Å². The van der Waals surface area contributed by atoms with Crippen LogP contribution in [0.15, 0.2) is 4.99 Å². The molecule has 26 atom stereocenters. The number of ether oxygens (including phenoxy) is 10. The largest absolute Gasteiger partial charge is 1.00 e. The summed E-state index contributed by atoms with van der Waals surface area (Å²) in [6.45, 7) is -2.40. The second-order valence-electron chi connectivity index (χ2n) is 18.3. The predicted molar refractivity (Wildman–Crippen MR) is 233 cm³/mol. The number of nitrogens with zero attached hydrogens (tertiary/aromatic N) is 1. The van der Waals surface area contributed by atoms with Crippen LogP contribution in [0.3, 0.4) is 0 Å². The average molecular weight is 1160 g/mol. The van der Waals surface area contributed by atoms with Gasteiger partial charge in [-0.3, -0.25) is 19.1 Å². The van der Waals surface area contributed by atoms with Crippen molar-refractivity contribution in [3.05, 3.63) is 0 Å². The van der Waals surface area contributed by atoms with Gasteiger partial charge in [-0.25, -0.2) is 8.98 Å². The van der Waals surface area contributed by atoms with Gasteiger partial charge in [-0.05, 0) is 12.8 Å². The van der Waals surface area contributed by atoms with Gasteiger partial charge in [0.2, 0.25) is 11.8 Å². The fourth-order valence-corrected chi connectivity index (χ4v) is 9.41. The summed E-state index contributed by atoms with van der Waals surface area (Å²) in [4.78, 5) is 41.7. The average Bonchev–Trinajstić information content (AvgIpc) is 3.34. The monoisotopic (exact) mass is 1160 g/mol. The number of carboxylic acids is 1. The first-order chi connectivity index (χ1) is 35.5. The predicted octanol–water partition coefficient (Wildman–Crippen LogP) is -15.2. The van der Waals surface area contributed by atoms with Crippen molar-refractivity contribution in [2.75, 3.05) is 40.1 Å². The van der Waals surface area contributed by atoms with Gasteiger partial charge in [0.25, 0.3) is 5.79 Å². The molecular formula is C40H66N3NaO32S. The van der Waals surface area contributed by atoms with Crippen molar-refractivity contribution in [2.24, 2.45) is 4.99 Å². The molecular weight excluding hydrogens is 1090 g/mol. The molecule has 2 amide bonds. The number of aliphatic carboxylic acids is 1. The zero-order valence-corrected chi connectivity index (χ0v) is 44.5. The summed E-state index contributed by atoms with van der Waals surface area (Å²) in [6, 6.07) is -5.16. The van der Waals surface area contributed by atoms with Gasteiger partial charge in [0.1, 0.15) is 122 Å². The fraction of sp³-hybridized carbons (Fsp3) is 0.900. The minimum atomic E-state index is -5.28. The number of hydrogen-bond donors (Lipinski definition) is 17. The van der Waals surface area contributed by atoms with Crippen LogP contribution in [-0.4, -0.2) is 307 Å². The molecule has 0 aliphatic carbocycles. The Kier molecular flexibility index (Phi) is 25.1. The van der Waals surface area contributed by atoms with Crippen LogP contribution in [0, 0.1) is 0 Å². The fourth-order valence-electron chi connectivity index (χ4n) is 9.10. The van der Waals surface area contributed by atoms with E-state index >= 15 is 0 Å². The molecule has 77 heavy (non-hydrogen) atoms. The number of aliphatic hydroxyl groups is 13. The van der Waals surface area contributed by atoms with Crippen molar-refractivity contribution in [3.63, 3.8) is 0 Å². The van der Waals surface area contributed by atoms with Crippen molar-refractivity contribution < 1.29 is 185 Å². The smallest absolute Gasteiger partial charge is 0.862 e. The van der Waals surface area contributed by atoms with Gasteiger partial charge < -0.3 is 135 Å². The third-order valence-electron chi connectivity index (χ3n) is 12.8. The van der Waals surface area contributed by atoms with E-state index in [1.54, 1.807) is 0 Å². The van der Waals surface area contributed by atoms with Crippen molar-refractivity contribution in [1.82, 2.24) is 10.6 Å². The van der Waals surface area contributed by atoms with Crippen LogP contribution in [0.2, 0.25) is 0 Å². The molecule has 0 saturated carbocycles. The van der Waals surface area contributed by atoms with E-state index in [0.717, 1.165) is 27.9 Å². The first kappa shape index (κ1) is 67.3. The Hall–Kier alpha value is -2.17. The topological polar surface area (TPSA) is 550 Å². The van der Waals surface area contributed by atoms with E-state index in [9.17, 15) is 104 Å². The maximum atomic E-state index is 13.0. The van der Waals surface area contributed by atoms with E-state index in [4.69, 9.17) is 47.4 Å². The first-order valence-electron chi connectivity index (χ1n) is 23.2. The Balaban J connectivity index is 0.0000128. The standard InChI is InChI=1S/C40H67N3O32S.Na/c1-11(47)41-20-14(50)5-40(39(60)61,74-33(20)23(52)15(51)6-44)75-34-25(54)17(8-46)69-38(30(34)59)73-32-22(43-13(3)49)35(65-4)70-18(26(32)55)9-66-36-21(42-12(2)48)27(56)31(19(71-36)10-67-76(62,63)64)72-37-29(58)28(57)24(53)16(7-45)68-37;/h14-38,44-46,50-59H,5-10H2,1-4H3,(H,41,47)(H,42,48)(H,43,49)(H,60,61)(H,62,63,64);/q;+1/p-1/t14-,15+,16+,17+,18+,19+,20+,21+,22+,23+,24-,25-,26-,27+,28-,29+,30+,31+,32+,33+,34-,35-,36+,37-,38-,40-;/m0./s1. The van der Waals surface area contributed by atoms with Crippen LogP contribution in [0.1, 0.15) is 27.2 Å². The molecule has 17 N–H and O–H groups in total. The molecule has 35 nitrogen and oxygen atoms in total. The Bertz CT molecular complexity index is 2070. The van der Waals surface area contributed by atoms with Gasteiger partial charge in [0.15, 0.2) is 25.2 Å². The number of aliphatic hydroxyl groups excluding tert-OH is 13. The summed E-state index contributed by atoms with van der Waals surface area (Å²) in [5, 5.41) is 167. The van der Waals surface area contributed by atoms with Crippen molar-refractivity contribution in [1.29, 1.82) is 0 Å². The third kappa shape index (κ3) is 16.1. The molecule has 37 heteroatoms. The third-order valence-corrected chi connectivity index (χ3v) is 13.2. The molecule has 0 spiro atoms. The molecule has 0 bridgehead atoms. The number of rotatable bonds is 22. The van der Waals surface area contributed by atoms with Gasteiger partial charge >= 0.3 is 45.9 Å². The van der Waals surface area contributed by atoms with E-state index in [-0.39, 0.29) is 29.6 Å².